The third-order valence-electron chi connectivity index (χ3n) is 3.61. The summed E-state index contributed by atoms with van der Waals surface area (Å²) in [5.74, 6) is -0.780. The molecule has 7 heteroatoms. The summed E-state index contributed by atoms with van der Waals surface area (Å²) in [6.45, 7) is 0.158. The summed E-state index contributed by atoms with van der Waals surface area (Å²) in [7, 11) is 0. The average Bonchev–Trinajstić information content (AvgIpc) is 2.90. The molecule has 1 amide bonds. The van der Waals surface area contributed by atoms with E-state index in [2.05, 4.69) is 20.0 Å². The molecule has 0 aromatic carbocycles. The third kappa shape index (κ3) is 3.30. The first kappa shape index (κ1) is 13.5. The molecule has 0 atom stereocenters. The van der Waals surface area contributed by atoms with E-state index >= 15 is 0 Å². The van der Waals surface area contributed by atoms with Crippen molar-refractivity contribution in [3.05, 3.63) is 12.2 Å². The van der Waals surface area contributed by atoms with Crippen molar-refractivity contribution in [1.82, 2.24) is 15.5 Å². The second-order valence-electron chi connectivity index (χ2n) is 4.95. The fourth-order valence-electron chi connectivity index (χ4n) is 2.51. The summed E-state index contributed by atoms with van der Waals surface area (Å²) in [5.41, 5.74) is -0.903. The molecule has 0 saturated heterocycles. The Balaban J connectivity index is 1.90. The van der Waals surface area contributed by atoms with Gasteiger partial charge in [0.2, 0.25) is 12.3 Å². The molecule has 1 fully saturated rings. The van der Waals surface area contributed by atoms with Gasteiger partial charge < -0.3 is 14.9 Å². The maximum atomic E-state index is 11.9. The Bertz CT molecular complexity index is 438. The minimum absolute atomic E-state index is 0.0141. The van der Waals surface area contributed by atoms with Gasteiger partial charge in [0.15, 0.2) is 5.82 Å². The molecule has 2 rings (SSSR count). The Labute approximate surface area is 110 Å². The van der Waals surface area contributed by atoms with Gasteiger partial charge in [0.25, 0.3) is 0 Å². The van der Waals surface area contributed by atoms with Gasteiger partial charge in [-0.05, 0) is 12.8 Å². The highest BCUT2D eigenvalue weighted by molar-refractivity contribution is 5.85. The maximum Gasteiger partial charge on any atom is 0.310 e. The second kappa shape index (κ2) is 5.81. The predicted octanol–water partition coefficient (Wildman–Crippen LogP) is 1.11. The Morgan fingerprint density at radius 1 is 1.37 bits per heavy atom. The van der Waals surface area contributed by atoms with Crippen LogP contribution in [0, 0.1) is 5.41 Å². The van der Waals surface area contributed by atoms with Crippen LogP contribution in [0.4, 0.5) is 0 Å². The number of rotatable bonds is 5. The average molecular weight is 267 g/mol. The molecular weight excluding hydrogens is 250 g/mol. The molecule has 104 valence electrons. The van der Waals surface area contributed by atoms with Crippen LogP contribution in [0.15, 0.2) is 10.9 Å². The van der Waals surface area contributed by atoms with E-state index in [4.69, 9.17) is 0 Å². The van der Waals surface area contributed by atoms with E-state index in [-0.39, 0.29) is 18.9 Å². The van der Waals surface area contributed by atoms with Gasteiger partial charge in [0.1, 0.15) is 0 Å². The normalized spacial score (nSPS) is 17.9. The molecule has 1 saturated carbocycles. The van der Waals surface area contributed by atoms with Crippen molar-refractivity contribution in [2.75, 3.05) is 0 Å². The molecule has 1 aliphatic rings. The number of carboxylic acid groups (broad SMARTS) is 1. The number of carbonyl (C=O) groups excluding carboxylic acids is 1. The van der Waals surface area contributed by atoms with Gasteiger partial charge in [0.05, 0.1) is 12.0 Å². The predicted molar refractivity (Wildman–Crippen MR) is 63.9 cm³/mol. The largest absolute Gasteiger partial charge is 0.481 e. The van der Waals surface area contributed by atoms with Crippen molar-refractivity contribution in [1.29, 1.82) is 0 Å². The lowest BCUT2D eigenvalue weighted by Gasteiger charge is -2.32. The zero-order chi connectivity index (χ0) is 13.7. The first-order valence-electron chi connectivity index (χ1n) is 6.38. The molecule has 0 aliphatic heterocycles. The quantitative estimate of drug-likeness (QED) is 0.827. The van der Waals surface area contributed by atoms with Crippen LogP contribution < -0.4 is 5.32 Å². The van der Waals surface area contributed by atoms with E-state index in [0.29, 0.717) is 18.7 Å². The minimum Gasteiger partial charge on any atom is -0.481 e. The van der Waals surface area contributed by atoms with E-state index in [1.54, 1.807) is 0 Å². The van der Waals surface area contributed by atoms with Crippen LogP contribution in [0.2, 0.25) is 0 Å². The Morgan fingerprint density at radius 2 is 2.11 bits per heavy atom. The fraction of sp³-hybridized carbons (Fsp3) is 0.667. The summed E-state index contributed by atoms with van der Waals surface area (Å²) in [6.07, 6.45) is 5.10. The highest BCUT2D eigenvalue weighted by atomic mass is 16.5. The van der Waals surface area contributed by atoms with Gasteiger partial charge in [0, 0.05) is 6.42 Å². The summed E-state index contributed by atoms with van der Waals surface area (Å²) in [4.78, 5) is 27.1. The SMILES string of the molecule is O=C(CC1(C(=O)O)CCCCC1)NCc1ncon1. The Kier molecular flexibility index (Phi) is 4.13. The van der Waals surface area contributed by atoms with Crippen LogP contribution in [0.3, 0.4) is 0 Å². The van der Waals surface area contributed by atoms with Gasteiger partial charge in [-0.25, -0.2) is 0 Å². The van der Waals surface area contributed by atoms with Crippen LogP contribution in [0.5, 0.6) is 0 Å². The maximum absolute atomic E-state index is 11.9. The zero-order valence-electron chi connectivity index (χ0n) is 10.6. The smallest absolute Gasteiger partial charge is 0.310 e. The first-order valence-corrected chi connectivity index (χ1v) is 6.38. The molecule has 0 bridgehead atoms. The number of carboxylic acids is 1. The number of aliphatic carboxylic acids is 1. The molecule has 1 aliphatic carbocycles. The number of aromatic nitrogens is 2. The molecule has 0 spiro atoms. The van der Waals surface area contributed by atoms with Crippen LogP contribution in [-0.2, 0) is 16.1 Å². The standard InChI is InChI=1S/C12H17N3O4/c16-10(13-7-9-14-8-19-15-9)6-12(11(17)18)4-2-1-3-5-12/h8H,1-7H2,(H,13,16)(H,17,18). The Hall–Kier alpha value is -1.92. The topological polar surface area (TPSA) is 105 Å². The number of hydrogen-bond donors (Lipinski definition) is 2. The molecule has 1 heterocycles. The van der Waals surface area contributed by atoms with E-state index < -0.39 is 11.4 Å². The van der Waals surface area contributed by atoms with Crippen molar-refractivity contribution in [2.45, 2.75) is 45.1 Å². The van der Waals surface area contributed by atoms with Gasteiger partial charge >= 0.3 is 5.97 Å². The summed E-state index contributed by atoms with van der Waals surface area (Å²) in [6, 6.07) is 0. The van der Waals surface area contributed by atoms with Gasteiger partial charge in [-0.2, -0.15) is 4.98 Å². The molecule has 7 nitrogen and oxygen atoms in total. The summed E-state index contributed by atoms with van der Waals surface area (Å²) < 4.78 is 4.55. The lowest BCUT2D eigenvalue weighted by Crippen LogP contribution is -2.39. The molecular formula is C12H17N3O4. The van der Waals surface area contributed by atoms with Crippen molar-refractivity contribution < 1.29 is 19.2 Å². The molecule has 1 aromatic rings. The van der Waals surface area contributed by atoms with Gasteiger partial charge in [-0.15, -0.1) is 0 Å². The number of amides is 1. The highest BCUT2D eigenvalue weighted by Crippen LogP contribution is 2.39. The van der Waals surface area contributed by atoms with Gasteiger partial charge in [-0.3, -0.25) is 9.59 Å². The highest BCUT2D eigenvalue weighted by Gasteiger charge is 2.41. The molecule has 1 aromatic heterocycles. The van der Waals surface area contributed by atoms with E-state index in [0.717, 1.165) is 19.3 Å². The lowest BCUT2D eigenvalue weighted by atomic mass is 9.71. The van der Waals surface area contributed by atoms with E-state index in [1.165, 1.54) is 6.39 Å². The van der Waals surface area contributed by atoms with Crippen molar-refractivity contribution in [3.63, 3.8) is 0 Å². The molecule has 2 N–H and O–H groups in total. The number of carbonyl (C=O) groups is 2. The first-order chi connectivity index (χ1) is 9.12. The Morgan fingerprint density at radius 3 is 2.68 bits per heavy atom. The van der Waals surface area contributed by atoms with Crippen molar-refractivity contribution in [3.8, 4) is 0 Å². The van der Waals surface area contributed by atoms with Crippen LogP contribution >= 0.6 is 0 Å². The van der Waals surface area contributed by atoms with E-state index in [1.807, 2.05) is 0 Å². The lowest BCUT2D eigenvalue weighted by molar-refractivity contribution is -0.154. The van der Waals surface area contributed by atoms with Crippen molar-refractivity contribution in [2.24, 2.45) is 5.41 Å². The van der Waals surface area contributed by atoms with Crippen molar-refractivity contribution >= 4 is 11.9 Å². The molecule has 19 heavy (non-hydrogen) atoms. The minimum atomic E-state index is -0.903. The van der Waals surface area contributed by atoms with E-state index in [9.17, 15) is 14.7 Å². The van der Waals surface area contributed by atoms with Crippen LogP contribution in [0.25, 0.3) is 0 Å². The fourth-order valence-corrected chi connectivity index (χ4v) is 2.51. The monoisotopic (exact) mass is 267 g/mol. The molecule has 0 unspecified atom stereocenters. The van der Waals surface area contributed by atoms with Gasteiger partial charge in [-0.1, -0.05) is 24.4 Å². The number of nitrogens with one attached hydrogen (secondary N) is 1. The summed E-state index contributed by atoms with van der Waals surface area (Å²) >= 11 is 0. The number of nitrogens with zero attached hydrogens (tertiary/aromatic N) is 2. The number of hydrogen-bond acceptors (Lipinski definition) is 5. The molecule has 0 radical (unpaired) electrons. The van der Waals surface area contributed by atoms with Crippen LogP contribution in [-0.4, -0.2) is 27.1 Å². The summed E-state index contributed by atoms with van der Waals surface area (Å²) in [5, 5.41) is 15.6. The second-order valence-corrected chi connectivity index (χ2v) is 4.95. The third-order valence-corrected chi connectivity index (χ3v) is 3.61. The van der Waals surface area contributed by atoms with Crippen LogP contribution in [0.1, 0.15) is 44.3 Å². The zero-order valence-corrected chi connectivity index (χ0v) is 10.6.